The van der Waals surface area contributed by atoms with Crippen LogP contribution in [0.3, 0.4) is 0 Å². The van der Waals surface area contributed by atoms with Gasteiger partial charge in [0.05, 0.1) is 33.2 Å². The number of benzene rings is 15. The molecule has 18 aromatic rings. The van der Waals surface area contributed by atoms with E-state index in [0.717, 1.165) is 77.8 Å². The number of aromatic nitrogens is 2. The number of hydrogen-bond acceptors (Lipinski definition) is 2. The lowest BCUT2D eigenvalue weighted by molar-refractivity contribution is 0.669. The number of rotatable bonds is 8. The van der Waals surface area contributed by atoms with Crippen LogP contribution in [0.2, 0.25) is 0 Å². The van der Waals surface area contributed by atoms with Gasteiger partial charge in [0.15, 0.2) is 5.58 Å². The second kappa shape index (κ2) is 19.1. The summed E-state index contributed by atoms with van der Waals surface area (Å²) in [4.78, 5) is 2.37. The Hall–Kier alpha value is -11.7. The molecule has 0 amide bonds. The molecule has 0 N–H and O–H groups in total. The van der Waals surface area contributed by atoms with Gasteiger partial charge in [-0.05, 0) is 162 Å². The maximum atomic E-state index is 6.81. The predicted molar refractivity (Wildman–Crippen MR) is 372 cm³/mol. The Morgan fingerprint density at radius 1 is 0.303 bits per heavy atom. The molecule has 0 aliphatic heterocycles. The fourth-order valence-corrected chi connectivity index (χ4v) is 15.4. The molecule has 0 radical (unpaired) electrons. The molecule has 414 valence electrons. The minimum absolute atomic E-state index is 0.601. The van der Waals surface area contributed by atoms with Gasteiger partial charge in [0.25, 0.3) is 0 Å². The zero-order valence-electron chi connectivity index (χ0n) is 48.3. The topological polar surface area (TPSA) is 26.2 Å². The van der Waals surface area contributed by atoms with Crippen LogP contribution in [-0.2, 0) is 5.41 Å². The van der Waals surface area contributed by atoms with Gasteiger partial charge in [-0.1, -0.05) is 231 Å². The molecule has 4 heteroatoms. The summed E-state index contributed by atoms with van der Waals surface area (Å²) in [6.45, 7) is 0. The van der Waals surface area contributed by atoms with Crippen LogP contribution in [0.1, 0.15) is 22.3 Å². The first-order valence-corrected chi connectivity index (χ1v) is 30.7. The van der Waals surface area contributed by atoms with Crippen molar-refractivity contribution in [3.05, 3.63) is 344 Å². The summed E-state index contributed by atoms with van der Waals surface area (Å²) in [5.74, 6) is 0. The molecular weight excluding hydrogens is 1080 g/mol. The summed E-state index contributed by atoms with van der Waals surface area (Å²) >= 11 is 0. The maximum absolute atomic E-state index is 6.81. The van der Waals surface area contributed by atoms with Crippen molar-refractivity contribution in [2.75, 3.05) is 4.90 Å². The van der Waals surface area contributed by atoms with E-state index in [1.165, 1.54) is 93.0 Å². The van der Waals surface area contributed by atoms with Crippen molar-refractivity contribution >= 4 is 115 Å². The molecule has 0 saturated heterocycles. The van der Waals surface area contributed by atoms with E-state index in [4.69, 9.17) is 4.42 Å². The molecule has 3 heterocycles. The second-order valence-electron chi connectivity index (χ2n) is 23.9. The molecule has 1 aliphatic carbocycles. The van der Waals surface area contributed by atoms with Gasteiger partial charge in [-0.2, -0.15) is 0 Å². The first-order valence-electron chi connectivity index (χ1n) is 30.7. The zero-order chi connectivity index (χ0) is 58.3. The lowest BCUT2D eigenvalue weighted by atomic mass is 9.67. The van der Waals surface area contributed by atoms with E-state index >= 15 is 0 Å². The maximum Gasteiger partial charge on any atom is 0.159 e. The molecule has 19 rings (SSSR count). The van der Waals surface area contributed by atoms with E-state index in [-0.39, 0.29) is 0 Å². The van der Waals surface area contributed by atoms with Crippen LogP contribution in [-0.4, -0.2) is 9.13 Å². The van der Waals surface area contributed by atoms with Crippen LogP contribution in [0.5, 0.6) is 0 Å². The summed E-state index contributed by atoms with van der Waals surface area (Å²) in [6, 6.07) is 119. The third-order valence-corrected chi connectivity index (χ3v) is 19.3. The van der Waals surface area contributed by atoms with E-state index in [0.29, 0.717) is 0 Å². The Morgan fingerprint density at radius 2 is 0.843 bits per heavy atom. The molecule has 0 fully saturated rings. The van der Waals surface area contributed by atoms with Gasteiger partial charge >= 0.3 is 0 Å². The monoisotopic (exact) mass is 1130 g/mol. The van der Waals surface area contributed by atoms with Gasteiger partial charge < -0.3 is 18.5 Å². The summed E-state index contributed by atoms with van der Waals surface area (Å²) < 4.78 is 11.7. The normalized spacial score (nSPS) is 12.8. The average molecular weight is 1130 g/mol. The number of para-hydroxylation sites is 5. The summed E-state index contributed by atoms with van der Waals surface area (Å²) in [5, 5.41) is 14.3. The minimum atomic E-state index is -0.601. The number of hydrogen-bond donors (Lipinski definition) is 0. The van der Waals surface area contributed by atoms with Gasteiger partial charge in [0.1, 0.15) is 5.58 Å². The Balaban J connectivity index is 0.748. The first kappa shape index (κ1) is 49.5. The van der Waals surface area contributed by atoms with Crippen molar-refractivity contribution in [3.63, 3.8) is 0 Å². The van der Waals surface area contributed by atoms with Crippen molar-refractivity contribution in [3.8, 4) is 33.6 Å². The molecule has 0 bridgehead atoms. The molecule has 0 spiro atoms. The fourth-order valence-electron chi connectivity index (χ4n) is 15.4. The third-order valence-electron chi connectivity index (χ3n) is 19.3. The molecule has 0 saturated carbocycles. The quantitative estimate of drug-likeness (QED) is 0.152. The fraction of sp³-hybridized carbons (Fsp3) is 0.0118. The Kier molecular flexibility index (Phi) is 10.7. The molecule has 4 nitrogen and oxygen atoms in total. The van der Waals surface area contributed by atoms with Gasteiger partial charge in [0.2, 0.25) is 0 Å². The van der Waals surface area contributed by atoms with Crippen molar-refractivity contribution in [2.45, 2.75) is 5.41 Å². The molecule has 89 heavy (non-hydrogen) atoms. The predicted octanol–water partition coefficient (Wildman–Crippen LogP) is 22.7. The van der Waals surface area contributed by atoms with E-state index in [1.807, 2.05) is 6.07 Å². The SMILES string of the molecule is c1ccc(-n2c3ccccc3c3ccc(N(c4ccc5cc(-c6ccc(-n7c8ccccc8c8ccc9c(c87)-c7ccccc7C9(c7ccc8ccccc8c7)c7ccc8ccccc8c7)cc6)ccc5c4)c4cccc5c4oc4ccccc45)cc32)cc1. The lowest BCUT2D eigenvalue weighted by Gasteiger charge is -2.34. The number of fused-ring (bicyclic) bond motifs is 16. The second-order valence-corrected chi connectivity index (χ2v) is 23.9. The highest BCUT2D eigenvalue weighted by Crippen LogP contribution is 2.59. The number of furan rings is 1. The highest BCUT2D eigenvalue weighted by molar-refractivity contribution is 6.17. The highest BCUT2D eigenvalue weighted by Gasteiger charge is 2.47. The van der Waals surface area contributed by atoms with Crippen molar-refractivity contribution in [1.29, 1.82) is 0 Å². The van der Waals surface area contributed by atoms with E-state index in [1.54, 1.807) is 0 Å². The molecule has 0 atom stereocenters. The highest BCUT2D eigenvalue weighted by atomic mass is 16.3. The van der Waals surface area contributed by atoms with E-state index in [2.05, 4.69) is 329 Å². The van der Waals surface area contributed by atoms with Crippen molar-refractivity contribution < 1.29 is 4.42 Å². The van der Waals surface area contributed by atoms with Crippen LogP contribution in [0.4, 0.5) is 17.1 Å². The van der Waals surface area contributed by atoms with E-state index in [9.17, 15) is 0 Å². The van der Waals surface area contributed by atoms with Crippen LogP contribution >= 0.6 is 0 Å². The molecule has 0 unspecified atom stereocenters. The van der Waals surface area contributed by atoms with Crippen LogP contribution in [0.15, 0.2) is 326 Å². The third kappa shape index (κ3) is 7.29. The van der Waals surface area contributed by atoms with Gasteiger partial charge in [-0.25, -0.2) is 0 Å². The largest absolute Gasteiger partial charge is 0.454 e. The van der Waals surface area contributed by atoms with Crippen LogP contribution in [0.25, 0.3) is 131 Å². The lowest BCUT2D eigenvalue weighted by Crippen LogP contribution is -2.28. The number of nitrogens with zero attached hydrogens (tertiary/aromatic N) is 3. The van der Waals surface area contributed by atoms with Gasteiger partial charge in [0, 0.05) is 60.6 Å². The van der Waals surface area contributed by atoms with Crippen LogP contribution < -0.4 is 4.90 Å². The van der Waals surface area contributed by atoms with Gasteiger partial charge in [-0.3, -0.25) is 0 Å². The molecule has 15 aromatic carbocycles. The number of anilines is 3. The van der Waals surface area contributed by atoms with E-state index < -0.39 is 5.41 Å². The smallest absolute Gasteiger partial charge is 0.159 e. The standard InChI is InChI=1S/C85H53N3O/c1-2-21-64(22-3-1)87-77-29-13-9-23-68(77)70-46-45-67(53-80(70)87)86(79-31-16-27-73-71-25-11-15-32-81(71)89-84(73)79)66-44-39-60-49-59(33-34-61(60)52-66)56-37-42-65(43-38-56)88-78-30-14-10-24-69(78)72-47-48-76-82(83(72)88)74-26-8-12-28-75(74)85(76,62-40-35-54-17-4-6-19-57(54)50-62)63-41-36-55-18-5-7-20-58(55)51-63/h1-53H. The van der Waals surface area contributed by atoms with Crippen molar-refractivity contribution in [2.24, 2.45) is 0 Å². The zero-order valence-corrected chi connectivity index (χ0v) is 48.3. The molecule has 1 aliphatic rings. The van der Waals surface area contributed by atoms with Gasteiger partial charge in [-0.15, -0.1) is 0 Å². The first-order chi connectivity index (χ1) is 44.1. The summed E-state index contributed by atoms with van der Waals surface area (Å²) in [7, 11) is 0. The molecule has 3 aromatic heterocycles. The van der Waals surface area contributed by atoms with Crippen LogP contribution in [0, 0.1) is 0 Å². The Morgan fingerprint density at radius 3 is 1.62 bits per heavy atom. The molecular formula is C85H53N3O. The summed E-state index contributed by atoms with van der Waals surface area (Å²) in [5.41, 5.74) is 21.1. The minimum Gasteiger partial charge on any atom is -0.454 e. The Labute approximate surface area is 513 Å². The van der Waals surface area contributed by atoms with Crippen molar-refractivity contribution in [1.82, 2.24) is 9.13 Å². The Bertz CT molecular complexity index is 5860. The summed E-state index contributed by atoms with van der Waals surface area (Å²) in [6.07, 6.45) is 0. The average Bonchev–Trinajstić information content (AvgIpc) is 1.55.